The molecule has 1 aromatic rings. The Bertz CT molecular complexity index is 1290. The number of aliphatic hydroxyl groups excluding tert-OH is 1. The molecule has 0 bridgehead atoms. The number of nitrogens with zero attached hydrogens (tertiary/aromatic N) is 3. The zero-order valence-corrected chi connectivity index (χ0v) is 27.5. The van der Waals surface area contributed by atoms with E-state index in [1.807, 2.05) is 40.1 Å². The van der Waals surface area contributed by atoms with Gasteiger partial charge in [0.1, 0.15) is 6.04 Å². The first-order valence-electron chi connectivity index (χ1n) is 15.9. The summed E-state index contributed by atoms with van der Waals surface area (Å²) in [6, 6.07) is 9.29. The van der Waals surface area contributed by atoms with Gasteiger partial charge < -0.3 is 19.8 Å². The first-order chi connectivity index (χ1) is 20.2. The molecule has 5 atom stereocenters. The standard InChI is InChI=1S/C35H49N3O4S/c1-32(2,3)24-33(4,5)38-21-14-18-35-27(30(41)37(28(35)31(38)42)20-11-8-12-22-39)26-29(40)36(19-13-17-34(26,6)43-35)23-25-15-9-7-10-16-25/h7,9-10,13-18,26-28,39H,8,11-12,19-24H2,1-6H3/t26-,27+,28?,34+,35+/m1/s1. The molecule has 3 amide bonds. The summed E-state index contributed by atoms with van der Waals surface area (Å²) in [5.41, 5.74) is 0.641. The summed E-state index contributed by atoms with van der Waals surface area (Å²) in [5.74, 6) is -1.35. The van der Waals surface area contributed by atoms with Crippen molar-refractivity contribution in [2.24, 2.45) is 17.3 Å². The topological polar surface area (TPSA) is 81.2 Å². The van der Waals surface area contributed by atoms with Gasteiger partial charge >= 0.3 is 0 Å². The predicted molar refractivity (Wildman–Crippen MR) is 172 cm³/mol. The summed E-state index contributed by atoms with van der Waals surface area (Å²) in [4.78, 5) is 49.6. The summed E-state index contributed by atoms with van der Waals surface area (Å²) in [5, 5.41) is 9.37. The highest BCUT2D eigenvalue weighted by molar-refractivity contribution is 8.02. The molecule has 234 valence electrons. The van der Waals surface area contributed by atoms with Crippen molar-refractivity contribution in [1.29, 1.82) is 0 Å². The largest absolute Gasteiger partial charge is 0.396 e. The van der Waals surface area contributed by atoms with Crippen LogP contribution < -0.4 is 0 Å². The molecule has 0 radical (unpaired) electrons. The molecule has 1 unspecified atom stereocenters. The molecule has 8 heteroatoms. The number of rotatable bonds is 9. The Morgan fingerprint density at radius 1 is 0.884 bits per heavy atom. The van der Waals surface area contributed by atoms with Crippen LogP contribution in [0.2, 0.25) is 0 Å². The van der Waals surface area contributed by atoms with Crippen molar-refractivity contribution >= 4 is 29.5 Å². The highest BCUT2D eigenvalue weighted by atomic mass is 32.2. The van der Waals surface area contributed by atoms with E-state index in [2.05, 4.69) is 65.8 Å². The number of thioether (sulfide) groups is 1. The van der Waals surface area contributed by atoms with E-state index in [4.69, 9.17) is 0 Å². The third-order valence-corrected chi connectivity index (χ3v) is 11.4. The Hall–Kier alpha value is -2.58. The van der Waals surface area contributed by atoms with E-state index in [0.29, 0.717) is 39.0 Å². The van der Waals surface area contributed by atoms with Crippen molar-refractivity contribution in [3.8, 4) is 0 Å². The minimum Gasteiger partial charge on any atom is -0.396 e. The van der Waals surface area contributed by atoms with Crippen LogP contribution in [0.5, 0.6) is 0 Å². The van der Waals surface area contributed by atoms with Crippen LogP contribution >= 0.6 is 11.8 Å². The van der Waals surface area contributed by atoms with E-state index >= 15 is 0 Å². The zero-order valence-electron chi connectivity index (χ0n) is 26.7. The van der Waals surface area contributed by atoms with Crippen LogP contribution in [0.1, 0.15) is 72.8 Å². The molecule has 5 rings (SSSR count). The molecule has 4 aliphatic heterocycles. The van der Waals surface area contributed by atoms with E-state index in [-0.39, 0.29) is 29.7 Å². The first-order valence-corrected chi connectivity index (χ1v) is 16.7. The number of hydrogen-bond acceptors (Lipinski definition) is 5. The smallest absolute Gasteiger partial charge is 0.247 e. The van der Waals surface area contributed by atoms with Gasteiger partial charge in [0.05, 0.1) is 16.6 Å². The van der Waals surface area contributed by atoms with Crippen molar-refractivity contribution in [2.45, 2.75) is 94.8 Å². The quantitative estimate of drug-likeness (QED) is 0.314. The van der Waals surface area contributed by atoms with E-state index in [1.165, 1.54) is 0 Å². The van der Waals surface area contributed by atoms with Gasteiger partial charge in [0, 0.05) is 43.1 Å². The van der Waals surface area contributed by atoms with Crippen molar-refractivity contribution in [3.05, 3.63) is 60.2 Å². The maximum Gasteiger partial charge on any atom is 0.247 e. The van der Waals surface area contributed by atoms with Gasteiger partial charge in [0.2, 0.25) is 17.7 Å². The highest BCUT2D eigenvalue weighted by Crippen LogP contribution is 2.65. The molecule has 4 aliphatic rings. The average molecular weight is 608 g/mol. The van der Waals surface area contributed by atoms with Gasteiger partial charge in [-0.05, 0) is 57.4 Å². The second-order valence-electron chi connectivity index (χ2n) is 14.8. The SMILES string of the molecule is CC(C)(C)CC(C)(C)N1CC=C[C@]23S[C@@]4(C)C=CCN(Cc5ccccc5)C(=O)[C@H]4[C@H]2C(=O)N(CCCCCO)C3C1=O. The Balaban J connectivity index is 1.56. The fourth-order valence-corrected chi connectivity index (χ4v) is 10.4. The average Bonchev–Trinajstić information content (AvgIpc) is 3.18. The maximum absolute atomic E-state index is 14.8. The molecule has 43 heavy (non-hydrogen) atoms. The molecule has 7 nitrogen and oxygen atoms in total. The van der Waals surface area contributed by atoms with Crippen molar-refractivity contribution in [2.75, 3.05) is 26.2 Å². The lowest BCUT2D eigenvalue weighted by molar-refractivity contribution is -0.147. The third-order valence-electron chi connectivity index (χ3n) is 9.61. The zero-order chi connectivity index (χ0) is 31.2. The van der Waals surface area contributed by atoms with Crippen LogP contribution in [-0.2, 0) is 20.9 Å². The number of hydrogen-bond donors (Lipinski definition) is 1. The molecule has 0 aromatic heterocycles. The van der Waals surface area contributed by atoms with Crippen LogP contribution in [-0.4, -0.2) is 84.8 Å². The number of carbonyl (C=O) groups is 3. The lowest BCUT2D eigenvalue weighted by Crippen LogP contribution is -2.58. The number of benzene rings is 1. The predicted octanol–water partition coefficient (Wildman–Crippen LogP) is 5.05. The minimum absolute atomic E-state index is 0.0116. The van der Waals surface area contributed by atoms with Crippen LogP contribution in [0, 0.1) is 17.3 Å². The lowest BCUT2D eigenvalue weighted by Gasteiger charge is -2.44. The first kappa shape index (κ1) is 31.8. The summed E-state index contributed by atoms with van der Waals surface area (Å²) in [6.07, 6.45) is 11.3. The number of fused-ring (bicyclic) bond motifs is 2. The number of carbonyl (C=O) groups excluding carboxylic acids is 3. The number of unbranched alkanes of at least 4 members (excludes halogenated alkanes) is 2. The Morgan fingerprint density at radius 3 is 2.26 bits per heavy atom. The second-order valence-corrected chi connectivity index (χ2v) is 16.6. The van der Waals surface area contributed by atoms with Crippen molar-refractivity contribution in [3.63, 3.8) is 0 Å². The molecule has 2 saturated heterocycles. The molecule has 4 heterocycles. The van der Waals surface area contributed by atoms with Crippen LogP contribution in [0.25, 0.3) is 0 Å². The van der Waals surface area contributed by atoms with Crippen LogP contribution in [0.3, 0.4) is 0 Å². The van der Waals surface area contributed by atoms with E-state index < -0.39 is 32.9 Å². The van der Waals surface area contributed by atoms with E-state index in [9.17, 15) is 19.5 Å². The second kappa shape index (κ2) is 11.7. The Morgan fingerprint density at radius 2 is 1.58 bits per heavy atom. The minimum atomic E-state index is -0.840. The van der Waals surface area contributed by atoms with Gasteiger partial charge in [0.25, 0.3) is 0 Å². The molecule has 2 fully saturated rings. The van der Waals surface area contributed by atoms with Crippen LogP contribution in [0.4, 0.5) is 0 Å². The lowest BCUT2D eigenvalue weighted by atomic mass is 9.74. The maximum atomic E-state index is 14.8. The van der Waals surface area contributed by atoms with Crippen molar-refractivity contribution < 1.29 is 19.5 Å². The summed E-state index contributed by atoms with van der Waals surface area (Å²) >= 11 is 1.65. The highest BCUT2D eigenvalue weighted by Gasteiger charge is 2.74. The normalized spacial score (nSPS) is 30.8. The summed E-state index contributed by atoms with van der Waals surface area (Å²) in [7, 11) is 0. The molecular weight excluding hydrogens is 558 g/mol. The number of likely N-dealkylation sites (tertiary alicyclic amines) is 1. The molecule has 0 saturated carbocycles. The number of aliphatic hydroxyl groups is 1. The van der Waals surface area contributed by atoms with Gasteiger partial charge in [-0.25, -0.2) is 0 Å². The van der Waals surface area contributed by atoms with Gasteiger partial charge in [-0.15, -0.1) is 11.8 Å². The monoisotopic (exact) mass is 607 g/mol. The van der Waals surface area contributed by atoms with Gasteiger partial charge in [0.15, 0.2) is 0 Å². The van der Waals surface area contributed by atoms with Gasteiger partial charge in [-0.3, -0.25) is 14.4 Å². The molecule has 1 N–H and O–H groups in total. The van der Waals surface area contributed by atoms with Crippen molar-refractivity contribution in [1.82, 2.24) is 14.7 Å². The molecular formula is C35H49N3O4S. The van der Waals surface area contributed by atoms with E-state index in [0.717, 1.165) is 18.4 Å². The van der Waals surface area contributed by atoms with Gasteiger partial charge in [-0.1, -0.05) is 75.4 Å². The van der Waals surface area contributed by atoms with Gasteiger partial charge in [-0.2, -0.15) is 0 Å². The molecule has 1 aromatic carbocycles. The van der Waals surface area contributed by atoms with E-state index in [1.54, 1.807) is 16.7 Å². The summed E-state index contributed by atoms with van der Waals surface area (Å²) < 4.78 is -1.46. The summed E-state index contributed by atoms with van der Waals surface area (Å²) in [6.45, 7) is 14.9. The van der Waals surface area contributed by atoms with Crippen LogP contribution in [0.15, 0.2) is 54.6 Å². The Labute approximate surface area is 261 Å². The molecule has 1 spiro atoms. The third kappa shape index (κ3) is 5.82. The fraction of sp³-hybridized carbons (Fsp3) is 0.629. The number of amides is 3. The molecule has 0 aliphatic carbocycles. The fourth-order valence-electron chi connectivity index (χ4n) is 8.27. The Kier molecular flexibility index (Phi) is 8.69.